The summed E-state index contributed by atoms with van der Waals surface area (Å²) in [5.41, 5.74) is 0.759. The molecule has 2 amide bonds. The highest BCUT2D eigenvalue weighted by atomic mass is 16.5. The maximum atomic E-state index is 12.7. The van der Waals surface area contributed by atoms with E-state index in [1.165, 1.54) is 4.90 Å². The first-order chi connectivity index (χ1) is 14.0. The SMILES string of the molecule is CCOc1cccc2c1OCCCCCNC(=O)CN(C(=O)CCCC(=O)O)C2. The van der Waals surface area contributed by atoms with Crippen molar-refractivity contribution in [2.75, 3.05) is 26.3 Å². The van der Waals surface area contributed by atoms with E-state index >= 15 is 0 Å². The monoisotopic (exact) mass is 406 g/mol. The zero-order valence-electron chi connectivity index (χ0n) is 16.9. The van der Waals surface area contributed by atoms with E-state index in [4.69, 9.17) is 14.6 Å². The number of benzene rings is 1. The fraction of sp³-hybridized carbons (Fsp3) is 0.571. The maximum absolute atomic E-state index is 12.7. The number of ether oxygens (including phenoxy) is 2. The fourth-order valence-corrected chi connectivity index (χ4v) is 3.14. The Labute approximate surface area is 171 Å². The Hall–Kier alpha value is -2.77. The molecule has 0 aromatic heterocycles. The third-order valence-electron chi connectivity index (χ3n) is 4.58. The summed E-state index contributed by atoms with van der Waals surface area (Å²) in [5, 5.41) is 11.6. The zero-order chi connectivity index (χ0) is 21.1. The Morgan fingerprint density at radius 2 is 2.03 bits per heavy atom. The minimum Gasteiger partial charge on any atom is -0.490 e. The van der Waals surface area contributed by atoms with E-state index in [-0.39, 0.29) is 44.2 Å². The largest absolute Gasteiger partial charge is 0.490 e. The van der Waals surface area contributed by atoms with Crippen molar-refractivity contribution >= 4 is 17.8 Å². The molecule has 0 saturated carbocycles. The van der Waals surface area contributed by atoms with Crippen molar-refractivity contribution in [1.82, 2.24) is 10.2 Å². The molecule has 1 heterocycles. The first-order valence-electron chi connectivity index (χ1n) is 10.1. The molecule has 160 valence electrons. The number of carboxylic acid groups (broad SMARTS) is 1. The molecule has 0 bridgehead atoms. The van der Waals surface area contributed by atoms with Gasteiger partial charge in [0.1, 0.15) is 0 Å². The Balaban J connectivity index is 2.25. The first kappa shape index (κ1) is 22.5. The molecular formula is C21H30N2O6. The molecule has 0 unspecified atom stereocenters. The van der Waals surface area contributed by atoms with Crippen LogP contribution in [0.1, 0.15) is 51.0 Å². The number of rotatable bonds is 6. The van der Waals surface area contributed by atoms with Gasteiger partial charge in [0.25, 0.3) is 0 Å². The lowest BCUT2D eigenvalue weighted by Crippen LogP contribution is -2.40. The second-order valence-corrected chi connectivity index (χ2v) is 6.93. The summed E-state index contributed by atoms with van der Waals surface area (Å²) in [5.74, 6) is -0.219. The number of aliphatic carboxylic acids is 1. The number of amides is 2. The van der Waals surface area contributed by atoms with Crippen molar-refractivity contribution in [1.29, 1.82) is 0 Å². The third-order valence-corrected chi connectivity index (χ3v) is 4.58. The highest BCUT2D eigenvalue weighted by Crippen LogP contribution is 2.33. The zero-order valence-corrected chi connectivity index (χ0v) is 16.9. The molecule has 2 N–H and O–H groups in total. The van der Waals surface area contributed by atoms with Crippen LogP contribution in [0.25, 0.3) is 0 Å². The number of hydrogen-bond acceptors (Lipinski definition) is 5. The highest BCUT2D eigenvalue weighted by Gasteiger charge is 2.21. The molecule has 0 atom stereocenters. The van der Waals surface area contributed by atoms with E-state index in [2.05, 4.69) is 5.32 Å². The fourth-order valence-electron chi connectivity index (χ4n) is 3.14. The number of carbonyl (C=O) groups excluding carboxylic acids is 2. The lowest BCUT2D eigenvalue weighted by atomic mass is 10.1. The van der Waals surface area contributed by atoms with Crippen LogP contribution in [0.15, 0.2) is 18.2 Å². The highest BCUT2D eigenvalue weighted by molar-refractivity contribution is 5.85. The standard InChI is InChI=1S/C21H30N2O6/c1-2-28-17-9-6-8-16-14-23(19(25)10-7-11-20(26)27)15-18(24)22-12-4-3-5-13-29-21(16)17/h6,8-9H,2-5,7,10-15H2,1H3,(H,22,24)(H,26,27). The molecule has 0 radical (unpaired) electrons. The van der Waals surface area contributed by atoms with Crippen LogP contribution in [0.2, 0.25) is 0 Å². The number of carboxylic acids is 1. The Bertz CT molecular complexity index is 706. The maximum Gasteiger partial charge on any atom is 0.303 e. The van der Waals surface area contributed by atoms with Crippen molar-refractivity contribution in [2.45, 2.75) is 52.0 Å². The van der Waals surface area contributed by atoms with Crippen LogP contribution >= 0.6 is 0 Å². The van der Waals surface area contributed by atoms with Crippen molar-refractivity contribution in [3.05, 3.63) is 23.8 Å². The Morgan fingerprint density at radius 3 is 2.79 bits per heavy atom. The average molecular weight is 406 g/mol. The quantitative estimate of drug-likeness (QED) is 0.751. The second kappa shape index (κ2) is 11.9. The predicted molar refractivity (Wildman–Crippen MR) is 107 cm³/mol. The van der Waals surface area contributed by atoms with Crippen LogP contribution in [-0.2, 0) is 20.9 Å². The summed E-state index contributed by atoms with van der Waals surface area (Å²) in [6.45, 7) is 3.57. The summed E-state index contributed by atoms with van der Waals surface area (Å²) in [7, 11) is 0. The van der Waals surface area contributed by atoms with Gasteiger partial charge in [0.15, 0.2) is 11.5 Å². The molecular weight excluding hydrogens is 376 g/mol. The summed E-state index contributed by atoms with van der Waals surface area (Å²) >= 11 is 0. The lowest BCUT2D eigenvalue weighted by Gasteiger charge is -2.24. The van der Waals surface area contributed by atoms with E-state index in [1.807, 2.05) is 25.1 Å². The van der Waals surface area contributed by atoms with Gasteiger partial charge in [0.05, 0.1) is 19.8 Å². The Morgan fingerprint density at radius 1 is 1.21 bits per heavy atom. The molecule has 8 nitrogen and oxygen atoms in total. The summed E-state index contributed by atoms with van der Waals surface area (Å²) in [6.07, 6.45) is 2.83. The molecule has 1 aliphatic rings. The van der Waals surface area contributed by atoms with Gasteiger partial charge in [0, 0.05) is 31.5 Å². The van der Waals surface area contributed by atoms with E-state index < -0.39 is 5.97 Å². The summed E-state index contributed by atoms with van der Waals surface area (Å²) in [6, 6.07) is 5.51. The van der Waals surface area contributed by atoms with Crippen LogP contribution in [0.5, 0.6) is 11.5 Å². The lowest BCUT2D eigenvalue weighted by molar-refractivity contribution is -0.138. The number of hydrogen-bond donors (Lipinski definition) is 2. The van der Waals surface area contributed by atoms with Gasteiger partial charge >= 0.3 is 5.97 Å². The molecule has 29 heavy (non-hydrogen) atoms. The summed E-state index contributed by atoms with van der Waals surface area (Å²) < 4.78 is 11.7. The van der Waals surface area contributed by atoms with Gasteiger partial charge in [-0.25, -0.2) is 0 Å². The van der Waals surface area contributed by atoms with E-state index in [0.717, 1.165) is 24.8 Å². The van der Waals surface area contributed by atoms with Gasteiger partial charge in [-0.15, -0.1) is 0 Å². The molecule has 2 rings (SSSR count). The minimum atomic E-state index is -0.944. The topological polar surface area (TPSA) is 105 Å². The predicted octanol–water partition coefficient (Wildman–Crippen LogP) is 2.35. The van der Waals surface area contributed by atoms with E-state index in [1.54, 1.807) is 0 Å². The van der Waals surface area contributed by atoms with Crippen LogP contribution in [0, 0.1) is 0 Å². The second-order valence-electron chi connectivity index (χ2n) is 6.93. The minimum absolute atomic E-state index is 0.0704. The van der Waals surface area contributed by atoms with Crippen LogP contribution in [0.4, 0.5) is 0 Å². The molecule has 0 aliphatic carbocycles. The van der Waals surface area contributed by atoms with Gasteiger partial charge in [-0.3, -0.25) is 14.4 Å². The van der Waals surface area contributed by atoms with Gasteiger partial charge < -0.3 is 24.8 Å². The molecule has 0 spiro atoms. The molecule has 1 aromatic carbocycles. The van der Waals surface area contributed by atoms with Gasteiger partial charge in [-0.2, -0.15) is 0 Å². The molecule has 8 heteroatoms. The first-order valence-corrected chi connectivity index (χ1v) is 10.1. The molecule has 1 aliphatic heterocycles. The third kappa shape index (κ3) is 7.63. The number of fused-ring (bicyclic) bond motifs is 1. The van der Waals surface area contributed by atoms with Crippen molar-refractivity contribution in [3.8, 4) is 11.5 Å². The smallest absolute Gasteiger partial charge is 0.303 e. The van der Waals surface area contributed by atoms with Crippen LogP contribution in [0.3, 0.4) is 0 Å². The summed E-state index contributed by atoms with van der Waals surface area (Å²) in [4.78, 5) is 37.2. The molecule has 0 fully saturated rings. The van der Waals surface area contributed by atoms with Crippen molar-refractivity contribution in [2.24, 2.45) is 0 Å². The van der Waals surface area contributed by atoms with Crippen molar-refractivity contribution in [3.63, 3.8) is 0 Å². The van der Waals surface area contributed by atoms with Crippen LogP contribution in [-0.4, -0.2) is 54.1 Å². The normalized spacial score (nSPS) is 15.6. The van der Waals surface area contributed by atoms with E-state index in [0.29, 0.717) is 31.3 Å². The van der Waals surface area contributed by atoms with Gasteiger partial charge in [-0.05, 0) is 38.7 Å². The molecule has 0 saturated heterocycles. The number of para-hydroxylation sites is 1. The number of carbonyl (C=O) groups is 3. The number of nitrogens with zero attached hydrogens (tertiary/aromatic N) is 1. The van der Waals surface area contributed by atoms with Gasteiger partial charge in [0.2, 0.25) is 11.8 Å². The average Bonchev–Trinajstić information content (AvgIpc) is 2.69. The van der Waals surface area contributed by atoms with E-state index in [9.17, 15) is 14.4 Å². The van der Waals surface area contributed by atoms with Gasteiger partial charge in [-0.1, -0.05) is 12.1 Å². The Kier molecular flexibility index (Phi) is 9.27. The van der Waals surface area contributed by atoms with Crippen LogP contribution < -0.4 is 14.8 Å². The number of nitrogens with one attached hydrogen (secondary N) is 1. The molecule has 1 aromatic rings. The van der Waals surface area contributed by atoms with Crippen molar-refractivity contribution < 1.29 is 29.0 Å².